The maximum Gasteiger partial charge on any atom is 0.243 e. The molecule has 0 unspecified atom stereocenters. The highest BCUT2D eigenvalue weighted by Crippen LogP contribution is 2.27. The molecule has 0 aromatic heterocycles. The molecule has 2 rings (SSSR count). The number of nitrogens with zero attached hydrogens (tertiary/aromatic N) is 1. The summed E-state index contributed by atoms with van der Waals surface area (Å²) >= 11 is 4.96. The normalized spacial score (nSPS) is 17.1. The van der Waals surface area contributed by atoms with Gasteiger partial charge in [-0.1, -0.05) is 37.5 Å². The van der Waals surface area contributed by atoms with Crippen LogP contribution in [-0.4, -0.2) is 30.8 Å². The summed E-state index contributed by atoms with van der Waals surface area (Å²) in [5.74, 6) is 0. The standard InChI is InChI=1S/C15H22N2O2S2/c1-11-10-13(8-9-14(11)15(16)20)21(18,19)17(2)12-6-4-3-5-7-12/h8-10,12H,3-7H2,1-2H3,(H2,16,20). The summed E-state index contributed by atoms with van der Waals surface area (Å²) in [6.45, 7) is 1.83. The largest absolute Gasteiger partial charge is 0.389 e. The number of thiocarbonyl (C=S) groups is 1. The lowest BCUT2D eigenvalue weighted by Gasteiger charge is -2.30. The highest BCUT2D eigenvalue weighted by Gasteiger charge is 2.29. The van der Waals surface area contributed by atoms with Gasteiger partial charge in [0.15, 0.2) is 0 Å². The van der Waals surface area contributed by atoms with E-state index in [1.54, 1.807) is 25.2 Å². The minimum atomic E-state index is -3.45. The summed E-state index contributed by atoms with van der Waals surface area (Å²) in [7, 11) is -1.77. The van der Waals surface area contributed by atoms with Crippen LogP contribution in [-0.2, 0) is 10.0 Å². The van der Waals surface area contributed by atoms with Gasteiger partial charge in [-0.05, 0) is 37.5 Å². The molecule has 0 saturated heterocycles. The number of hydrogen-bond donors (Lipinski definition) is 1. The van der Waals surface area contributed by atoms with Gasteiger partial charge in [-0.25, -0.2) is 8.42 Å². The predicted octanol–water partition coefficient (Wildman–Crippen LogP) is 2.58. The highest BCUT2D eigenvalue weighted by atomic mass is 32.2. The van der Waals surface area contributed by atoms with Gasteiger partial charge in [-0.15, -0.1) is 0 Å². The molecule has 0 bridgehead atoms. The van der Waals surface area contributed by atoms with Crippen molar-refractivity contribution in [3.8, 4) is 0 Å². The molecule has 0 heterocycles. The fraction of sp³-hybridized carbons (Fsp3) is 0.533. The minimum absolute atomic E-state index is 0.110. The number of benzene rings is 1. The van der Waals surface area contributed by atoms with E-state index in [1.165, 1.54) is 10.7 Å². The molecule has 1 fully saturated rings. The lowest BCUT2D eigenvalue weighted by Crippen LogP contribution is -2.38. The van der Waals surface area contributed by atoms with E-state index in [1.807, 2.05) is 6.92 Å². The summed E-state index contributed by atoms with van der Waals surface area (Å²) in [5, 5.41) is 0. The minimum Gasteiger partial charge on any atom is -0.389 e. The predicted molar refractivity (Wildman–Crippen MR) is 88.9 cm³/mol. The molecule has 2 N–H and O–H groups in total. The van der Waals surface area contributed by atoms with E-state index in [-0.39, 0.29) is 11.0 Å². The van der Waals surface area contributed by atoms with Crippen LogP contribution in [0, 0.1) is 6.92 Å². The van der Waals surface area contributed by atoms with Gasteiger partial charge in [0, 0.05) is 18.7 Å². The van der Waals surface area contributed by atoms with Crippen molar-refractivity contribution in [2.45, 2.75) is 50.0 Å². The maximum absolute atomic E-state index is 12.7. The zero-order valence-electron chi connectivity index (χ0n) is 12.5. The smallest absolute Gasteiger partial charge is 0.243 e. The van der Waals surface area contributed by atoms with Crippen molar-refractivity contribution in [1.29, 1.82) is 0 Å². The van der Waals surface area contributed by atoms with Crippen molar-refractivity contribution in [3.05, 3.63) is 29.3 Å². The van der Waals surface area contributed by atoms with Gasteiger partial charge in [-0.2, -0.15) is 4.31 Å². The molecule has 0 amide bonds. The second-order valence-corrected chi connectivity index (χ2v) is 8.09. The Morgan fingerprint density at radius 2 is 1.90 bits per heavy atom. The Hall–Kier alpha value is -0.980. The van der Waals surface area contributed by atoms with E-state index in [2.05, 4.69) is 0 Å². The first-order valence-electron chi connectivity index (χ1n) is 7.22. The second-order valence-electron chi connectivity index (χ2n) is 5.65. The fourth-order valence-electron chi connectivity index (χ4n) is 2.88. The Morgan fingerprint density at radius 3 is 2.43 bits per heavy atom. The summed E-state index contributed by atoms with van der Waals surface area (Å²) < 4.78 is 27.0. The molecule has 116 valence electrons. The van der Waals surface area contributed by atoms with E-state index >= 15 is 0 Å². The first-order chi connectivity index (χ1) is 9.84. The summed E-state index contributed by atoms with van der Waals surface area (Å²) in [4.78, 5) is 0.602. The second kappa shape index (κ2) is 6.42. The van der Waals surface area contributed by atoms with Crippen LogP contribution in [0.2, 0.25) is 0 Å². The Bertz CT molecular complexity index is 635. The number of nitrogens with two attached hydrogens (primary N) is 1. The number of sulfonamides is 1. The quantitative estimate of drug-likeness (QED) is 0.864. The Balaban J connectivity index is 2.30. The number of hydrogen-bond acceptors (Lipinski definition) is 3. The number of aryl methyl sites for hydroxylation is 1. The summed E-state index contributed by atoms with van der Waals surface area (Å²) in [6.07, 6.45) is 5.29. The van der Waals surface area contributed by atoms with Gasteiger partial charge in [0.2, 0.25) is 10.0 Å². The maximum atomic E-state index is 12.7. The highest BCUT2D eigenvalue weighted by molar-refractivity contribution is 7.89. The molecule has 0 atom stereocenters. The molecule has 1 aliphatic rings. The third kappa shape index (κ3) is 3.44. The third-order valence-corrected chi connectivity index (χ3v) is 6.36. The van der Waals surface area contributed by atoms with Crippen molar-refractivity contribution < 1.29 is 8.42 Å². The zero-order valence-corrected chi connectivity index (χ0v) is 14.1. The molecule has 0 spiro atoms. The van der Waals surface area contributed by atoms with Crippen LogP contribution in [0.25, 0.3) is 0 Å². The summed E-state index contributed by atoms with van der Waals surface area (Å²) in [5.41, 5.74) is 7.14. The molecule has 0 radical (unpaired) electrons. The van der Waals surface area contributed by atoms with Crippen LogP contribution in [0.5, 0.6) is 0 Å². The number of rotatable bonds is 4. The van der Waals surface area contributed by atoms with Crippen molar-refractivity contribution in [2.75, 3.05) is 7.05 Å². The van der Waals surface area contributed by atoms with E-state index < -0.39 is 10.0 Å². The van der Waals surface area contributed by atoms with Gasteiger partial charge in [-0.3, -0.25) is 0 Å². The van der Waals surface area contributed by atoms with Crippen LogP contribution in [0.1, 0.15) is 43.2 Å². The zero-order chi connectivity index (χ0) is 15.6. The van der Waals surface area contributed by atoms with Gasteiger partial charge < -0.3 is 5.73 Å². The van der Waals surface area contributed by atoms with E-state index in [4.69, 9.17) is 18.0 Å². The van der Waals surface area contributed by atoms with Gasteiger partial charge in [0.25, 0.3) is 0 Å². The molecule has 0 aliphatic heterocycles. The molecular formula is C15H22N2O2S2. The van der Waals surface area contributed by atoms with E-state index in [0.29, 0.717) is 4.90 Å². The molecule has 21 heavy (non-hydrogen) atoms. The lowest BCUT2D eigenvalue weighted by atomic mass is 9.96. The fourth-order valence-corrected chi connectivity index (χ4v) is 4.61. The lowest BCUT2D eigenvalue weighted by molar-refractivity contribution is 0.286. The molecular weight excluding hydrogens is 304 g/mol. The van der Waals surface area contributed by atoms with Gasteiger partial charge >= 0.3 is 0 Å². The SMILES string of the molecule is Cc1cc(S(=O)(=O)N(C)C2CCCCC2)ccc1C(N)=S. The van der Waals surface area contributed by atoms with Gasteiger partial charge in [0.05, 0.1) is 4.90 Å². The van der Waals surface area contributed by atoms with Crippen molar-refractivity contribution >= 4 is 27.2 Å². The van der Waals surface area contributed by atoms with Crippen LogP contribution in [0.4, 0.5) is 0 Å². The average Bonchev–Trinajstić information content (AvgIpc) is 2.46. The van der Waals surface area contributed by atoms with Crippen LogP contribution < -0.4 is 5.73 Å². The molecule has 1 aromatic carbocycles. The molecule has 1 aromatic rings. The molecule has 1 saturated carbocycles. The monoisotopic (exact) mass is 326 g/mol. The Kier molecular flexibility index (Phi) is 5.01. The van der Waals surface area contributed by atoms with E-state index in [9.17, 15) is 8.42 Å². The van der Waals surface area contributed by atoms with Crippen LogP contribution >= 0.6 is 12.2 Å². The van der Waals surface area contributed by atoms with E-state index in [0.717, 1.165) is 36.8 Å². The van der Waals surface area contributed by atoms with Crippen LogP contribution in [0.15, 0.2) is 23.1 Å². The molecule has 1 aliphatic carbocycles. The van der Waals surface area contributed by atoms with Crippen LogP contribution in [0.3, 0.4) is 0 Å². The van der Waals surface area contributed by atoms with Crippen molar-refractivity contribution in [1.82, 2.24) is 4.31 Å². The van der Waals surface area contributed by atoms with Crippen molar-refractivity contribution in [3.63, 3.8) is 0 Å². The molecule has 4 nitrogen and oxygen atoms in total. The average molecular weight is 326 g/mol. The Morgan fingerprint density at radius 1 is 1.29 bits per heavy atom. The first kappa shape index (κ1) is 16.4. The van der Waals surface area contributed by atoms with Gasteiger partial charge in [0.1, 0.15) is 4.99 Å². The van der Waals surface area contributed by atoms with Crippen molar-refractivity contribution in [2.24, 2.45) is 5.73 Å². The summed E-state index contributed by atoms with van der Waals surface area (Å²) in [6, 6.07) is 5.05. The first-order valence-corrected chi connectivity index (χ1v) is 9.07. The topological polar surface area (TPSA) is 63.4 Å². The molecule has 6 heteroatoms. The Labute approximate surface area is 132 Å². The third-order valence-electron chi connectivity index (χ3n) is 4.23.